The molecule has 1 heterocycles. The van der Waals surface area contributed by atoms with Crippen molar-refractivity contribution in [1.29, 1.82) is 0 Å². The summed E-state index contributed by atoms with van der Waals surface area (Å²) in [6.45, 7) is 2.41. The van der Waals surface area contributed by atoms with Gasteiger partial charge in [-0.1, -0.05) is 0 Å². The Morgan fingerprint density at radius 2 is 2.08 bits per heavy atom. The van der Waals surface area contributed by atoms with Gasteiger partial charge in [-0.15, -0.1) is 11.3 Å². The second-order valence-corrected chi connectivity index (χ2v) is 3.94. The molecule has 0 N–H and O–H groups in total. The Balaban J connectivity index is 0.000000310. The van der Waals surface area contributed by atoms with Gasteiger partial charge in [-0.3, -0.25) is 4.79 Å². The van der Waals surface area contributed by atoms with Crippen LogP contribution < -0.4 is 4.74 Å². The van der Waals surface area contributed by atoms with E-state index in [0.29, 0.717) is 6.47 Å². The summed E-state index contributed by atoms with van der Waals surface area (Å²) in [5.74, 6) is 0.958. The van der Waals surface area contributed by atoms with Crippen molar-refractivity contribution in [3.8, 4) is 5.75 Å². The molecular weight excluding hydrogens is 256 g/mol. The predicted octanol–water partition coefficient (Wildman–Crippen LogP) is 2.62. The fraction of sp³-hybridized carbons (Fsp3) is 0.375. The maximum absolute atomic E-state index is 8.95. The van der Waals surface area contributed by atoms with Crippen molar-refractivity contribution in [2.75, 3.05) is 14.2 Å². The van der Waals surface area contributed by atoms with Crippen molar-refractivity contribution in [1.82, 2.24) is 0 Å². The second kappa shape index (κ2) is 6.91. The number of aryl methyl sites for hydroxylation is 1. The summed E-state index contributed by atoms with van der Waals surface area (Å²) in [6, 6.07) is 0. The summed E-state index contributed by atoms with van der Waals surface area (Å²) < 4.78 is 9.99. The van der Waals surface area contributed by atoms with E-state index in [9.17, 15) is 0 Å². The van der Waals surface area contributed by atoms with Crippen LogP contribution in [0.5, 0.6) is 5.75 Å². The lowest BCUT2D eigenvalue weighted by atomic mass is 10.5. The Bertz CT molecular complexity index is 240. The van der Waals surface area contributed by atoms with Crippen LogP contribution in [-0.2, 0) is 9.53 Å². The molecule has 0 atom stereocenters. The molecule has 0 unspecified atom stereocenters. The first kappa shape index (κ1) is 12.4. The summed E-state index contributed by atoms with van der Waals surface area (Å²) >= 11 is 5.05. The fourth-order valence-electron chi connectivity index (χ4n) is 0.657. The zero-order chi connectivity index (χ0) is 10.3. The molecule has 0 aliphatic rings. The van der Waals surface area contributed by atoms with Crippen LogP contribution >= 0.6 is 27.3 Å². The van der Waals surface area contributed by atoms with Crippen LogP contribution in [0.2, 0.25) is 0 Å². The van der Waals surface area contributed by atoms with Gasteiger partial charge in [0.15, 0.2) is 0 Å². The molecule has 1 aromatic rings. The highest BCUT2D eigenvalue weighted by Gasteiger charge is 2.03. The Hall–Kier alpha value is -0.550. The van der Waals surface area contributed by atoms with E-state index in [1.807, 2.05) is 12.3 Å². The third kappa shape index (κ3) is 4.28. The molecule has 0 bridgehead atoms. The molecule has 74 valence electrons. The lowest BCUT2D eigenvalue weighted by molar-refractivity contribution is -0.126. The minimum atomic E-state index is 0.375. The number of methoxy groups -OCH3 is 2. The average molecular weight is 267 g/mol. The van der Waals surface area contributed by atoms with Crippen molar-refractivity contribution in [3.05, 3.63) is 14.7 Å². The molecule has 0 saturated heterocycles. The first-order chi connectivity index (χ1) is 6.17. The third-order valence-corrected chi connectivity index (χ3v) is 2.96. The number of rotatable bonds is 2. The summed E-state index contributed by atoms with van der Waals surface area (Å²) in [5.41, 5.74) is 0. The van der Waals surface area contributed by atoms with Crippen molar-refractivity contribution < 1.29 is 14.3 Å². The van der Waals surface area contributed by atoms with Crippen LogP contribution in [0.15, 0.2) is 9.85 Å². The molecule has 1 aromatic heterocycles. The molecule has 0 aliphatic heterocycles. The molecule has 3 nitrogen and oxygen atoms in total. The number of halogens is 1. The fourth-order valence-corrected chi connectivity index (χ4v) is 2.22. The van der Waals surface area contributed by atoms with E-state index >= 15 is 0 Å². The van der Waals surface area contributed by atoms with Gasteiger partial charge in [0, 0.05) is 10.3 Å². The normalized spacial score (nSPS) is 8.31. The van der Waals surface area contributed by atoms with Gasteiger partial charge < -0.3 is 9.47 Å². The molecule has 0 amide bonds. The van der Waals surface area contributed by atoms with Crippen LogP contribution in [0.25, 0.3) is 0 Å². The molecule has 0 spiro atoms. The van der Waals surface area contributed by atoms with Crippen molar-refractivity contribution >= 4 is 33.7 Å². The van der Waals surface area contributed by atoms with E-state index < -0.39 is 0 Å². The summed E-state index contributed by atoms with van der Waals surface area (Å²) in [7, 11) is 2.99. The number of hydrogen-bond donors (Lipinski definition) is 0. The van der Waals surface area contributed by atoms with Crippen LogP contribution in [0.1, 0.15) is 4.88 Å². The van der Waals surface area contributed by atoms with E-state index in [4.69, 9.17) is 9.53 Å². The Kier molecular flexibility index (Phi) is 6.62. The standard InChI is InChI=1S/C6H7BrOS.C2H4O2/c1-4-6(8-2)5(7)3-9-4;1-4-2-3/h3H,1-2H3;2H,1H3. The van der Waals surface area contributed by atoms with Gasteiger partial charge in [-0.05, 0) is 22.9 Å². The first-order valence-corrected chi connectivity index (χ1v) is 5.08. The zero-order valence-corrected chi connectivity index (χ0v) is 10.1. The van der Waals surface area contributed by atoms with E-state index in [2.05, 4.69) is 20.7 Å². The van der Waals surface area contributed by atoms with Crippen LogP contribution in [0.3, 0.4) is 0 Å². The molecule has 13 heavy (non-hydrogen) atoms. The molecule has 0 saturated carbocycles. The average Bonchev–Trinajstić information content (AvgIpc) is 2.46. The Labute approximate surface area is 89.8 Å². The monoisotopic (exact) mass is 266 g/mol. The van der Waals surface area contributed by atoms with E-state index in [0.717, 1.165) is 10.2 Å². The number of thiophene rings is 1. The van der Waals surface area contributed by atoms with Gasteiger partial charge in [0.2, 0.25) is 0 Å². The molecule has 1 rings (SSSR count). The van der Waals surface area contributed by atoms with Gasteiger partial charge in [0.05, 0.1) is 18.7 Å². The highest BCUT2D eigenvalue weighted by Crippen LogP contribution is 2.33. The molecule has 0 aliphatic carbocycles. The third-order valence-electron chi connectivity index (χ3n) is 1.18. The predicted molar refractivity (Wildman–Crippen MR) is 56.4 cm³/mol. The highest BCUT2D eigenvalue weighted by atomic mass is 79.9. The number of hydrogen-bond acceptors (Lipinski definition) is 4. The zero-order valence-electron chi connectivity index (χ0n) is 7.67. The molecule has 0 radical (unpaired) electrons. The summed E-state index contributed by atoms with van der Waals surface area (Å²) in [4.78, 5) is 10.2. The minimum absolute atomic E-state index is 0.375. The Morgan fingerprint density at radius 1 is 1.54 bits per heavy atom. The topological polar surface area (TPSA) is 35.5 Å². The molecule has 5 heteroatoms. The molecule has 0 fully saturated rings. The first-order valence-electron chi connectivity index (χ1n) is 3.41. The summed E-state index contributed by atoms with van der Waals surface area (Å²) in [6.07, 6.45) is 0. The maximum Gasteiger partial charge on any atom is 0.292 e. The van der Waals surface area contributed by atoms with Gasteiger partial charge in [0.1, 0.15) is 5.75 Å². The Morgan fingerprint density at radius 3 is 2.23 bits per heavy atom. The maximum atomic E-state index is 8.95. The van der Waals surface area contributed by atoms with E-state index in [1.165, 1.54) is 12.0 Å². The van der Waals surface area contributed by atoms with Crippen LogP contribution in [-0.4, -0.2) is 20.7 Å². The smallest absolute Gasteiger partial charge is 0.292 e. The van der Waals surface area contributed by atoms with Crippen LogP contribution in [0.4, 0.5) is 0 Å². The minimum Gasteiger partial charge on any atom is -0.494 e. The summed E-state index contributed by atoms with van der Waals surface area (Å²) in [5, 5.41) is 2.02. The van der Waals surface area contributed by atoms with E-state index in [-0.39, 0.29) is 0 Å². The van der Waals surface area contributed by atoms with Crippen molar-refractivity contribution in [2.45, 2.75) is 6.92 Å². The van der Waals surface area contributed by atoms with Gasteiger partial charge in [-0.2, -0.15) is 0 Å². The highest BCUT2D eigenvalue weighted by molar-refractivity contribution is 9.10. The second-order valence-electron chi connectivity index (χ2n) is 2.01. The van der Waals surface area contributed by atoms with E-state index in [1.54, 1.807) is 18.4 Å². The quantitative estimate of drug-likeness (QED) is 0.773. The van der Waals surface area contributed by atoms with Gasteiger partial charge in [0.25, 0.3) is 6.47 Å². The van der Waals surface area contributed by atoms with Crippen molar-refractivity contribution in [3.63, 3.8) is 0 Å². The van der Waals surface area contributed by atoms with Crippen LogP contribution in [0, 0.1) is 6.92 Å². The SMILES string of the molecule is COC=O.COc1c(Br)csc1C. The number of ether oxygens (including phenoxy) is 2. The van der Waals surface area contributed by atoms with Crippen molar-refractivity contribution in [2.24, 2.45) is 0 Å². The lowest BCUT2D eigenvalue weighted by Crippen LogP contribution is -1.80. The number of carbonyl (C=O) groups is 1. The molecular formula is C8H11BrO3S. The largest absolute Gasteiger partial charge is 0.494 e. The number of carbonyl (C=O) groups excluding carboxylic acids is 1. The van der Waals surface area contributed by atoms with Gasteiger partial charge >= 0.3 is 0 Å². The lowest BCUT2D eigenvalue weighted by Gasteiger charge is -1.95. The van der Waals surface area contributed by atoms with Gasteiger partial charge in [-0.25, -0.2) is 0 Å². The molecule has 0 aromatic carbocycles.